The van der Waals surface area contributed by atoms with Crippen molar-refractivity contribution in [1.29, 1.82) is 0 Å². The minimum absolute atomic E-state index is 0.0142. The second kappa shape index (κ2) is 5.80. The fourth-order valence-electron chi connectivity index (χ4n) is 2.06. The minimum Gasteiger partial charge on any atom is -0.378 e. The summed E-state index contributed by atoms with van der Waals surface area (Å²) in [5.74, 6) is 3.91. The van der Waals surface area contributed by atoms with E-state index in [1.54, 1.807) is 0 Å². The van der Waals surface area contributed by atoms with Gasteiger partial charge in [-0.05, 0) is 19.8 Å². The Morgan fingerprint density at radius 3 is 2.65 bits per heavy atom. The zero-order valence-corrected chi connectivity index (χ0v) is 10.9. The van der Waals surface area contributed by atoms with Crippen LogP contribution < -0.4 is 16.6 Å². The summed E-state index contributed by atoms with van der Waals surface area (Å²) in [6, 6.07) is 1.36. The van der Waals surface area contributed by atoms with Crippen LogP contribution in [0.3, 0.4) is 0 Å². The largest absolute Gasteiger partial charge is 0.451 e. The van der Waals surface area contributed by atoms with Crippen molar-refractivity contribution in [3.8, 4) is 0 Å². The highest BCUT2D eigenvalue weighted by molar-refractivity contribution is 5.47. The van der Waals surface area contributed by atoms with E-state index in [9.17, 15) is 13.2 Å². The highest BCUT2D eigenvalue weighted by atomic mass is 19.4. The van der Waals surface area contributed by atoms with Gasteiger partial charge in [0.15, 0.2) is 0 Å². The molecule has 0 spiro atoms. The predicted octanol–water partition coefficient (Wildman–Crippen LogP) is 1.76. The summed E-state index contributed by atoms with van der Waals surface area (Å²) in [7, 11) is 0. The number of nitrogen functional groups attached to an aromatic ring is 1. The first kappa shape index (κ1) is 14.8. The van der Waals surface area contributed by atoms with E-state index in [2.05, 4.69) is 20.7 Å². The van der Waals surface area contributed by atoms with Gasteiger partial charge < -0.3 is 15.5 Å². The molecule has 1 saturated heterocycles. The van der Waals surface area contributed by atoms with Gasteiger partial charge in [0.2, 0.25) is 5.82 Å². The van der Waals surface area contributed by atoms with Gasteiger partial charge in [0.1, 0.15) is 11.6 Å². The normalized spacial score (nSPS) is 23.4. The third-order valence-corrected chi connectivity index (χ3v) is 2.96. The number of hydrazine groups is 1. The molecule has 9 heteroatoms. The van der Waals surface area contributed by atoms with E-state index in [-0.39, 0.29) is 23.8 Å². The maximum Gasteiger partial charge on any atom is 0.451 e. The Morgan fingerprint density at radius 2 is 2.05 bits per heavy atom. The molecular formula is C11H16F3N5O. The second-order valence-electron chi connectivity index (χ2n) is 4.65. The lowest BCUT2D eigenvalue weighted by atomic mass is 10.0. The van der Waals surface area contributed by atoms with Gasteiger partial charge in [0.25, 0.3) is 0 Å². The Balaban J connectivity index is 2.18. The number of hydrogen-bond donors (Lipinski definition) is 3. The van der Waals surface area contributed by atoms with Crippen molar-refractivity contribution in [2.75, 3.05) is 17.3 Å². The maximum atomic E-state index is 12.7. The van der Waals surface area contributed by atoms with Crippen molar-refractivity contribution >= 4 is 11.6 Å². The van der Waals surface area contributed by atoms with Crippen LogP contribution in [0, 0.1) is 0 Å². The molecule has 2 unspecified atom stereocenters. The van der Waals surface area contributed by atoms with Crippen LogP contribution >= 0.6 is 0 Å². The van der Waals surface area contributed by atoms with Crippen molar-refractivity contribution in [1.82, 2.24) is 9.97 Å². The Kier molecular flexibility index (Phi) is 4.29. The van der Waals surface area contributed by atoms with Crippen LogP contribution in [-0.2, 0) is 10.9 Å². The lowest BCUT2D eigenvalue weighted by molar-refractivity contribution is -0.144. The molecule has 0 radical (unpaired) electrons. The summed E-state index contributed by atoms with van der Waals surface area (Å²) in [6.07, 6.45) is -3.14. The summed E-state index contributed by atoms with van der Waals surface area (Å²) in [4.78, 5) is 6.78. The molecule has 0 aromatic carbocycles. The van der Waals surface area contributed by atoms with Crippen molar-refractivity contribution in [3.63, 3.8) is 0 Å². The van der Waals surface area contributed by atoms with E-state index in [1.165, 1.54) is 6.07 Å². The van der Waals surface area contributed by atoms with E-state index < -0.39 is 12.0 Å². The van der Waals surface area contributed by atoms with Crippen LogP contribution in [-0.4, -0.2) is 28.7 Å². The molecule has 0 aliphatic carbocycles. The van der Waals surface area contributed by atoms with Gasteiger partial charge in [-0.2, -0.15) is 13.2 Å². The second-order valence-corrected chi connectivity index (χ2v) is 4.65. The fourth-order valence-corrected chi connectivity index (χ4v) is 2.06. The SMILES string of the molecule is CC1CC(Nc2cc(NN)nc(C(F)(F)F)n2)CCO1. The molecule has 2 heterocycles. The number of halogens is 3. The van der Waals surface area contributed by atoms with Crippen molar-refractivity contribution in [3.05, 3.63) is 11.9 Å². The molecule has 1 fully saturated rings. The van der Waals surface area contributed by atoms with Gasteiger partial charge in [-0.1, -0.05) is 0 Å². The number of nitrogens with two attached hydrogens (primary N) is 1. The molecule has 1 aliphatic rings. The molecule has 2 rings (SSSR count). The summed E-state index contributed by atoms with van der Waals surface area (Å²) < 4.78 is 43.4. The molecule has 0 amide bonds. The Labute approximate surface area is 113 Å². The quantitative estimate of drug-likeness (QED) is 0.581. The zero-order chi connectivity index (χ0) is 14.8. The molecule has 1 aromatic rings. The van der Waals surface area contributed by atoms with Gasteiger partial charge in [0, 0.05) is 18.7 Å². The van der Waals surface area contributed by atoms with Gasteiger partial charge in [-0.3, -0.25) is 0 Å². The number of hydrogen-bond acceptors (Lipinski definition) is 6. The maximum absolute atomic E-state index is 12.7. The van der Waals surface area contributed by atoms with E-state index >= 15 is 0 Å². The fraction of sp³-hybridized carbons (Fsp3) is 0.636. The first-order valence-corrected chi connectivity index (χ1v) is 6.19. The van der Waals surface area contributed by atoms with Crippen LogP contribution in [0.4, 0.5) is 24.8 Å². The topological polar surface area (TPSA) is 85.1 Å². The Hall–Kier alpha value is -1.61. The zero-order valence-electron chi connectivity index (χ0n) is 10.9. The number of ether oxygens (including phenoxy) is 1. The van der Waals surface area contributed by atoms with Crippen molar-refractivity contribution in [2.45, 2.75) is 38.1 Å². The third kappa shape index (κ3) is 3.70. The summed E-state index contributed by atoms with van der Waals surface area (Å²) >= 11 is 0. The monoisotopic (exact) mass is 291 g/mol. The summed E-state index contributed by atoms with van der Waals surface area (Å²) in [5, 5.41) is 2.97. The van der Waals surface area contributed by atoms with Gasteiger partial charge in [-0.25, -0.2) is 15.8 Å². The standard InChI is InChI=1S/C11H16F3N5O/c1-6-4-7(2-3-20-6)16-8-5-9(19-15)18-10(17-8)11(12,13)14/h5-7H,2-4,15H2,1H3,(H2,16,17,18,19). The van der Waals surface area contributed by atoms with Gasteiger partial charge in [0.05, 0.1) is 6.10 Å². The van der Waals surface area contributed by atoms with Crippen LogP contribution in [0.25, 0.3) is 0 Å². The molecule has 1 aliphatic heterocycles. The average Bonchev–Trinajstić information content (AvgIpc) is 2.37. The highest BCUT2D eigenvalue weighted by Gasteiger charge is 2.35. The van der Waals surface area contributed by atoms with E-state index in [0.717, 1.165) is 0 Å². The molecule has 4 N–H and O–H groups in total. The molecule has 2 atom stereocenters. The van der Waals surface area contributed by atoms with E-state index in [4.69, 9.17) is 10.6 Å². The first-order chi connectivity index (χ1) is 9.38. The Bertz CT molecular complexity index is 468. The average molecular weight is 291 g/mol. The lowest BCUT2D eigenvalue weighted by Crippen LogP contribution is -2.33. The number of anilines is 2. The number of aromatic nitrogens is 2. The van der Waals surface area contributed by atoms with Gasteiger partial charge in [-0.15, -0.1) is 0 Å². The molecular weight excluding hydrogens is 275 g/mol. The summed E-state index contributed by atoms with van der Waals surface area (Å²) in [5.41, 5.74) is 2.11. The molecule has 20 heavy (non-hydrogen) atoms. The number of rotatable bonds is 3. The van der Waals surface area contributed by atoms with E-state index in [1.807, 2.05) is 6.92 Å². The van der Waals surface area contributed by atoms with E-state index in [0.29, 0.717) is 19.4 Å². The first-order valence-electron chi connectivity index (χ1n) is 6.19. The lowest BCUT2D eigenvalue weighted by Gasteiger charge is -2.28. The smallest absolute Gasteiger partial charge is 0.378 e. The highest BCUT2D eigenvalue weighted by Crippen LogP contribution is 2.28. The number of alkyl halides is 3. The predicted molar refractivity (Wildman–Crippen MR) is 66.9 cm³/mol. The summed E-state index contributed by atoms with van der Waals surface area (Å²) in [6.45, 7) is 2.49. The van der Waals surface area contributed by atoms with Crippen LogP contribution in [0.5, 0.6) is 0 Å². The Morgan fingerprint density at radius 1 is 1.35 bits per heavy atom. The molecule has 1 aromatic heterocycles. The number of nitrogens with zero attached hydrogens (tertiary/aromatic N) is 2. The third-order valence-electron chi connectivity index (χ3n) is 2.96. The van der Waals surface area contributed by atoms with Crippen LogP contribution in [0.2, 0.25) is 0 Å². The van der Waals surface area contributed by atoms with Crippen LogP contribution in [0.15, 0.2) is 6.07 Å². The van der Waals surface area contributed by atoms with Gasteiger partial charge >= 0.3 is 6.18 Å². The van der Waals surface area contributed by atoms with Crippen LogP contribution in [0.1, 0.15) is 25.6 Å². The minimum atomic E-state index is -4.62. The molecule has 0 bridgehead atoms. The molecule has 6 nitrogen and oxygen atoms in total. The van der Waals surface area contributed by atoms with Crippen molar-refractivity contribution in [2.24, 2.45) is 5.84 Å². The van der Waals surface area contributed by atoms with Crippen molar-refractivity contribution < 1.29 is 17.9 Å². The number of nitrogens with one attached hydrogen (secondary N) is 2. The molecule has 112 valence electrons. The molecule has 0 saturated carbocycles.